The van der Waals surface area contributed by atoms with Gasteiger partial charge in [-0.05, 0) is 25.0 Å². The monoisotopic (exact) mass is 346 g/mol. The van der Waals surface area contributed by atoms with E-state index in [9.17, 15) is 23.1 Å². The molecule has 0 bridgehead atoms. The first-order valence-electron chi connectivity index (χ1n) is 7.14. The Balaban J connectivity index is 2.89. The largest absolute Gasteiger partial charge is 0.481 e. The zero-order valence-electron chi connectivity index (χ0n) is 13.6. The molecule has 0 aliphatic rings. The Bertz CT molecular complexity index is 673. The summed E-state index contributed by atoms with van der Waals surface area (Å²) in [6, 6.07) is 2.43. The molecule has 0 unspecified atom stereocenters. The Hall–Kier alpha value is -1.87. The molecule has 2 N–H and O–H groups in total. The average molecular weight is 346 g/mol. The Morgan fingerprint density at radius 2 is 1.83 bits per heavy atom. The van der Waals surface area contributed by atoms with Crippen molar-refractivity contribution in [2.24, 2.45) is 5.41 Å². The van der Waals surface area contributed by atoms with Crippen LogP contribution in [-0.4, -0.2) is 50.3 Å². The molecule has 0 aliphatic heterocycles. The summed E-state index contributed by atoms with van der Waals surface area (Å²) in [6.07, 6.45) is 0.717. The molecule has 1 rings (SSSR count). The summed E-state index contributed by atoms with van der Waals surface area (Å²) in [4.78, 5) is 23.4. The van der Waals surface area contributed by atoms with E-state index in [1.54, 1.807) is 13.8 Å². The Labute approximate surface area is 135 Å². The standard InChI is InChI=1S/C14H22N2O6S/c1-5-14(6-2,13(18)19)9-15-12(17)10-7-8-11(22-10)23(20,21)16(3)4/h7-8H,5-6,9H2,1-4H3,(H,15,17)(H,18,19). The number of rotatable bonds is 8. The molecule has 0 aliphatic carbocycles. The highest BCUT2D eigenvalue weighted by Crippen LogP contribution is 2.26. The summed E-state index contributed by atoms with van der Waals surface area (Å²) in [6.45, 7) is 3.40. The van der Waals surface area contributed by atoms with Gasteiger partial charge < -0.3 is 14.8 Å². The van der Waals surface area contributed by atoms with E-state index in [1.165, 1.54) is 26.2 Å². The lowest BCUT2D eigenvalue weighted by Gasteiger charge is -2.26. The van der Waals surface area contributed by atoms with Gasteiger partial charge in [0.2, 0.25) is 5.09 Å². The third-order valence-corrected chi connectivity index (χ3v) is 5.62. The van der Waals surface area contributed by atoms with Crippen LogP contribution in [0.15, 0.2) is 21.6 Å². The van der Waals surface area contributed by atoms with E-state index in [0.29, 0.717) is 12.8 Å². The van der Waals surface area contributed by atoms with Gasteiger partial charge in [0.05, 0.1) is 5.41 Å². The molecule has 8 nitrogen and oxygen atoms in total. The van der Waals surface area contributed by atoms with Crippen molar-refractivity contribution in [1.29, 1.82) is 0 Å². The van der Waals surface area contributed by atoms with E-state index >= 15 is 0 Å². The molecule has 1 aromatic heterocycles. The first-order valence-corrected chi connectivity index (χ1v) is 8.58. The second-order valence-electron chi connectivity index (χ2n) is 5.38. The van der Waals surface area contributed by atoms with Gasteiger partial charge in [-0.15, -0.1) is 0 Å². The number of aliphatic carboxylic acids is 1. The first-order chi connectivity index (χ1) is 10.6. The molecular formula is C14H22N2O6S. The highest BCUT2D eigenvalue weighted by molar-refractivity contribution is 7.88. The number of hydrogen-bond donors (Lipinski definition) is 2. The SMILES string of the molecule is CCC(CC)(CNC(=O)c1ccc(S(=O)(=O)N(C)C)o1)C(=O)O. The molecule has 0 saturated carbocycles. The summed E-state index contributed by atoms with van der Waals surface area (Å²) in [5.41, 5.74) is -1.05. The van der Waals surface area contributed by atoms with Crippen molar-refractivity contribution in [3.05, 3.63) is 17.9 Å². The van der Waals surface area contributed by atoms with Crippen LogP contribution >= 0.6 is 0 Å². The van der Waals surface area contributed by atoms with Crippen LogP contribution < -0.4 is 5.32 Å². The van der Waals surface area contributed by atoms with Gasteiger partial charge in [0.25, 0.3) is 15.9 Å². The summed E-state index contributed by atoms with van der Waals surface area (Å²) < 4.78 is 29.8. The number of carbonyl (C=O) groups excluding carboxylic acids is 1. The van der Waals surface area contributed by atoms with Crippen molar-refractivity contribution < 1.29 is 27.5 Å². The normalized spacial score (nSPS) is 12.4. The van der Waals surface area contributed by atoms with Crippen LogP contribution in [0.2, 0.25) is 0 Å². The maximum Gasteiger partial charge on any atom is 0.311 e. The number of furan rings is 1. The Kier molecular flexibility index (Phi) is 5.95. The van der Waals surface area contributed by atoms with E-state index in [-0.39, 0.29) is 17.4 Å². The van der Waals surface area contributed by atoms with E-state index in [2.05, 4.69) is 5.32 Å². The number of carboxylic acid groups (broad SMARTS) is 1. The lowest BCUT2D eigenvalue weighted by atomic mass is 9.82. The molecular weight excluding hydrogens is 324 g/mol. The number of carboxylic acids is 1. The maximum atomic E-state index is 12.0. The smallest absolute Gasteiger partial charge is 0.311 e. The molecule has 0 radical (unpaired) electrons. The minimum atomic E-state index is -3.76. The lowest BCUT2D eigenvalue weighted by Crippen LogP contribution is -2.42. The molecule has 0 atom stereocenters. The van der Waals surface area contributed by atoms with Crippen LogP contribution in [0.1, 0.15) is 37.2 Å². The number of carbonyl (C=O) groups is 2. The van der Waals surface area contributed by atoms with E-state index in [4.69, 9.17) is 4.42 Å². The number of nitrogens with one attached hydrogen (secondary N) is 1. The van der Waals surface area contributed by atoms with Gasteiger partial charge in [-0.2, -0.15) is 0 Å². The van der Waals surface area contributed by atoms with E-state index < -0.39 is 27.3 Å². The molecule has 0 fully saturated rings. The number of sulfonamides is 1. The predicted molar refractivity (Wildman–Crippen MR) is 82.6 cm³/mol. The van der Waals surface area contributed by atoms with Gasteiger partial charge in [0, 0.05) is 20.6 Å². The van der Waals surface area contributed by atoms with Crippen LogP contribution in [0.3, 0.4) is 0 Å². The molecule has 1 heterocycles. The topological polar surface area (TPSA) is 117 Å². The predicted octanol–water partition coefficient (Wildman–Crippen LogP) is 1.15. The van der Waals surface area contributed by atoms with Gasteiger partial charge >= 0.3 is 5.97 Å². The van der Waals surface area contributed by atoms with E-state index in [0.717, 1.165) is 4.31 Å². The highest BCUT2D eigenvalue weighted by Gasteiger charge is 2.35. The number of nitrogens with zero attached hydrogens (tertiary/aromatic N) is 1. The van der Waals surface area contributed by atoms with Crippen LogP contribution in [0.25, 0.3) is 0 Å². The molecule has 9 heteroatoms. The molecule has 130 valence electrons. The zero-order chi connectivity index (χ0) is 17.8. The van der Waals surface area contributed by atoms with Gasteiger partial charge in [-0.1, -0.05) is 13.8 Å². The Morgan fingerprint density at radius 1 is 1.26 bits per heavy atom. The summed E-state index contributed by atoms with van der Waals surface area (Å²) >= 11 is 0. The molecule has 0 aromatic carbocycles. The van der Waals surface area contributed by atoms with Crippen LogP contribution in [0.4, 0.5) is 0 Å². The van der Waals surface area contributed by atoms with E-state index in [1.807, 2.05) is 0 Å². The highest BCUT2D eigenvalue weighted by atomic mass is 32.2. The van der Waals surface area contributed by atoms with Gasteiger partial charge in [0.1, 0.15) is 0 Å². The fraction of sp³-hybridized carbons (Fsp3) is 0.571. The molecule has 0 spiro atoms. The fourth-order valence-electron chi connectivity index (χ4n) is 1.98. The van der Waals surface area contributed by atoms with Crippen LogP contribution in [-0.2, 0) is 14.8 Å². The van der Waals surface area contributed by atoms with Crippen LogP contribution in [0, 0.1) is 5.41 Å². The third kappa shape index (κ3) is 3.91. The third-order valence-electron chi connectivity index (χ3n) is 3.93. The second kappa shape index (κ2) is 7.14. The molecule has 0 saturated heterocycles. The van der Waals surface area contributed by atoms with Crippen molar-refractivity contribution in [2.45, 2.75) is 31.8 Å². The van der Waals surface area contributed by atoms with Crippen LogP contribution in [0.5, 0.6) is 0 Å². The minimum Gasteiger partial charge on any atom is -0.481 e. The number of amides is 1. The Morgan fingerprint density at radius 3 is 2.26 bits per heavy atom. The second-order valence-corrected chi connectivity index (χ2v) is 7.46. The summed E-state index contributed by atoms with van der Waals surface area (Å²) in [5.74, 6) is -1.83. The first kappa shape index (κ1) is 19.2. The summed E-state index contributed by atoms with van der Waals surface area (Å²) in [7, 11) is -1.07. The summed E-state index contributed by atoms with van der Waals surface area (Å²) in [5, 5.41) is 11.5. The molecule has 1 amide bonds. The zero-order valence-corrected chi connectivity index (χ0v) is 14.4. The van der Waals surface area contributed by atoms with Crippen molar-refractivity contribution in [3.8, 4) is 0 Å². The van der Waals surface area contributed by atoms with Crippen molar-refractivity contribution in [2.75, 3.05) is 20.6 Å². The van der Waals surface area contributed by atoms with Crippen molar-refractivity contribution >= 4 is 21.9 Å². The van der Waals surface area contributed by atoms with Crippen molar-refractivity contribution in [1.82, 2.24) is 9.62 Å². The maximum absolute atomic E-state index is 12.0. The van der Waals surface area contributed by atoms with Gasteiger partial charge in [-0.25, -0.2) is 12.7 Å². The van der Waals surface area contributed by atoms with Crippen molar-refractivity contribution in [3.63, 3.8) is 0 Å². The number of hydrogen-bond acceptors (Lipinski definition) is 5. The fourth-order valence-corrected chi connectivity index (χ4v) is 2.77. The molecule has 1 aromatic rings. The average Bonchev–Trinajstić information content (AvgIpc) is 2.98. The van der Waals surface area contributed by atoms with Gasteiger partial charge in [0.15, 0.2) is 5.76 Å². The minimum absolute atomic E-state index is 0.0649. The quantitative estimate of drug-likeness (QED) is 0.729. The molecule has 23 heavy (non-hydrogen) atoms. The lowest BCUT2D eigenvalue weighted by molar-refractivity contribution is -0.149. The van der Waals surface area contributed by atoms with Gasteiger partial charge in [-0.3, -0.25) is 9.59 Å².